The van der Waals surface area contributed by atoms with Crippen LogP contribution in [0.2, 0.25) is 0 Å². The van der Waals surface area contributed by atoms with E-state index in [-0.39, 0.29) is 0 Å². The number of nitrogens with one attached hydrogen (secondary N) is 1. The highest BCUT2D eigenvalue weighted by atomic mass is 16.1. The van der Waals surface area contributed by atoms with Crippen LogP contribution < -0.4 is 0 Å². The van der Waals surface area contributed by atoms with Gasteiger partial charge in [0.15, 0.2) is 6.29 Å². The number of carbonyl (C=O) groups excluding carboxylic acids is 1. The van der Waals surface area contributed by atoms with Crippen molar-refractivity contribution in [2.45, 2.75) is 38.0 Å². The van der Waals surface area contributed by atoms with Crippen LogP contribution in [0.4, 0.5) is 0 Å². The zero-order valence-electron chi connectivity index (χ0n) is 10.6. The van der Waals surface area contributed by atoms with Crippen LogP contribution in [0.15, 0.2) is 18.3 Å². The molecular formula is C16H17NO. The van der Waals surface area contributed by atoms with E-state index in [2.05, 4.69) is 24.0 Å². The van der Waals surface area contributed by atoms with Gasteiger partial charge in [0.05, 0.1) is 0 Å². The lowest BCUT2D eigenvalue weighted by molar-refractivity contribution is 0.112. The number of carbonyl (C=O) groups is 1. The highest BCUT2D eigenvalue weighted by Gasteiger charge is 2.54. The Hall–Kier alpha value is -1.57. The van der Waals surface area contributed by atoms with Crippen molar-refractivity contribution in [1.29, 1.82) is 0 Å². The fourth-order valence-corrected chi connectivity index (χ4v) is 3.52. The number of H-pyrrole nitrogens is 1. The number of benzene rings is 1. The van der Waals surface area contributed by atoms with Gasteiger partial charge in [0.25, 0.3) is 0 Å². The van der Waals surface area contributed by atoms with E-state index in [1.54, 1.807) is 0 Å². The van der Waals surface area contributed by atoms with Crippen molar-refractivity contribution in [1.82, 2.24) is 4.98 Å². The molecule has 0 amide bonds. The molecule has 2 saturated carbocycles. The van der Waals surface area contributed by atoms with E-state index in [9.17, 15) is 4.79 Å². The third kappa shape index (κ3) is 1.26. The predicted octanol–water partition coefficient (Wildman–Crippen LogP) is 3.73. The van der Waals surface area contributed by atoms with Gasteiger partial charge in [-0.15, -0.1) is 0 Å². The van der Waals surface area contributed by atoms with E-state index < -0.39 is 0 Å². The largest absolute Gasteiger partial charge is 0.360 e. The monoisotopic (exact) mass is 239 g/mol. The van der Waals surface area contributed by atoms with Crippen LogP contribution in [0.3, 0.4) is 0 Å². The van der Waals surface area contributed by atoms with Gasteiger partial charge in [-0.2, -0.15) is 0 Å². The summed E-state index contributed by atoms with van der Waals surface area (Å²) in [6.45, 7) is 2.14. The smallest absolute Gasteiger partial charge is 0.152 e. The molecular weight excluding hydrogens is 222 g/mol. The van der Waals surface area contributed by atoms with Gasteiger partial charge >= 0.3 is 0 Å². The van der Waals surface area contributed by atoms with Crippen LogP contribution in [0, 0.1) is 12.8 Å². The normalized spacial score (nSPS) is 21.2. The Labute approximate surface area is 106 Å². The van der Waals surface area contributed by atoms with Crippen molar-refractivity contribution in [3.8, 4) is 0 Å². The molecule has 0 atom stereocenters. The first-order valence-corrected chi connectivity index (χ1v) is 6.82. The second kappa shape index (κ2) is 3.25. The number of aromatic amines is 1. The van der Waals surface area contributed by atoms with E-state index in [1.165, 1.54) is 36.8 Å². The van der Waals surface area contributed by atoms with Gasteiger partial charge in [0.2, 0.25) is 0 Å². The van der Waals surface area contributed by atoms with Crippen LogP contribution >= 0.6 is 0 Å². The number of aromatic nitrogens is 1. The maximum atomic E-state index is 11.1. The van der Waals surface area contributed by atoms with Gasteiger partial charge in [-0.05, 0) is 61.1 Å². The van der Waals surface area contributed by atoms with E-state index in [4.69, 9.17) is 0 Å². The first kappa shape index (κ1) is 10.4. The van der Waals surface area contributed by atoms with Gasteiger partial charge in [-0.3, -0.25) is 4.79 Å². The molecule has 1 N–H and O–H groups in total. The molecule has 1 heterocycles. The minimum Gasteiger partial charge on any atom is -0.360 e. The van der Waals surface area contributed by atoms with Crippen LogP contribution in [-0.4, -0.2) is 11.3 Å². The molecule has 2 aromatic rings. The molecule has 0 unspecified atom stereocenters. The highest BCUT2D eigenvalue weighted by molar-refractivity contribution is 5.98. The summed E-state index contributed by atoms with van der Waals surface area (Å²) in [5, 5.41) is 1.10. The topological polar surface area (TPSA) is 32.9 Å². The molecule has 18 heavy (non-hydrogen) atoms. The average molecular weight is 239 g/mol. The summed E-state index contributed by atoms with van der Waals surface area (Å²) in [7, 11) is 0. The maximum Gasteiger partial charge on any atom is 0.152 e. The van der Waals surface area contributed by atoms with Gasteiger partial charge < -0.3 is 4.98 Å². The first-order chi connectivity index (χ1) is 8.74. The third-order valence-electron chi connectivity index (χ3n) is 4.87. The predicted molar refractivity (Wildman–Crippen MR) is 72.1 cm³/mol. The standard InChI is InChI=1S/C16H17NO/c1-10-6-13(16(4-5-16)12-2-3-12)7-14-11(9-18)8-17-15(10)14/h6-9,12,17H,2-5H2,1H3. The molecule has 1 aromatic carbocycles. The van der Waals surface area contributed by atoms with Crippen molar-refractivity contribution in [2.75, 3.05) is 0 Å². The zero-order valence-corrected chi connectivity index (χ0v) is 10.6. The Morgan fingerprint density at radius 1 is 1.33 bits per heavy atom. The number of aldehydes is 1. The summed E-state index contributed by atoms with van der Waals surface area (Å²) in [5.41, 5.74) is 5.12. The van der Waals surface area contributed by atoms with Crippen LogP contribution in [0.1, 0.15) is 47.2 Å². The van der Waals surface area contributed by atoms with Crippen molar-refractivity contribution in [2.24, 2.45) is 5.92 Å². The maximum absolute atomic E-state index is 11.1. The summed E-state index contributed by atoms with van der Waals surface area (Å²) in [5.74, 6) is 0.910. The zero-order chi connectivity index (χ0) is 12.3. The quantitative estimate of drug-likeness (QED) is 0.813. The van der Waals surface area contributed by atoms with Crippen LogP contribution in [0.5, 0.6) is 0 Å². The van der Waals surface area contributed by atoms with Gasteiger partial charge in [0.1, 0.15) is 0 Å². The molecule has 1 aromatic heterocycles. The summed E-state index contributed by atoms with van der Waals surface area (Å²) < 4.78 is 0. The summed E-state index contributed by atoms with van der Waals surface area (Å²) in [6, 6.07) is 4.59. The lowest BCUT2D eigenvalue weighted by atomic mass is 9.88. The van der Waals surface area contributed by atoms with Gasteiger partial charge in [-0.25, -0.2) is 0 Å². The fourth-order valence-electron chi connectivity index (χ4n) is 3.52. The van der Waals surface area contributed by atoms with Crippen molar-refractivity contribution >= 4 is 17.2 Å². The number of hydrogen-bond acceptors (Lipinski definition) is 1. The van der Waals surface area contributed by atoms with E-state index in [1.807, 2.05) is 6.20 Å². The molecule has 4 rings (SSSR count). The lowest BCUT2D eigenvalue weighted by Crippen LogP contribution is -2.09. The summed E-state index contributed by atoms with van der Waals surface area (Å²) >= 11 is 0. The molecule has 2 fully saturated rings. The van der Waals surface area contributed by atoms with E-state index in [0.717, 1.165) is 28.7 Å². The molecule has 0 aliphatic heterocycles. The Kier molecular flexibility index (Phi) is 1.87. The van der Waals surface area contributed by atoms with E-state index >= 15 is 0 Å². The molecule has 2 aliphatic rings. The molecule has 2 aliphatic carbocycles. The second-order valence-electron chi connectivity index (χ2n) is 6.01. The molecule has 2 nitrogen and oxygen atoms in total. The average Bonchev–Trinajstić information content (AvgIpc) is 3.23. The lowest BCUT2D eigenvalue weighted by Gasteiger charge is -2.16. The Morgan fingerprint density at radius 2 is 2.11 bits per heavy atom. The molecule has 0 spiro atoms. The number of fused-ring (bicyclic) bond motifs is 1. The minimum absolute atomic E-state index is 0.469. The van der Waals surface area contributed by atoms with E-state index in [0.29, 0.717) is 5.41 Å². The van der Waals surface area contributed by atoms with Gasteiger partial charge in [0, 0.05) is 22.7 Å². The SMILES string of the molecule is Cc1cc(C2(C3CC3)CC2)cc2c(C=O)c[nH]c12. The highest BCUT2D eigenvalue weighted by Crippen LogP contribution is 2.62. The molecule has 92 valence electrons. The second-order valence-corrected chi connectivity index (χ2v) is 6.01. The minimum atomic E-state index is 0.469. The molecule has 0 saturated heterocycles. The fraction of sp³-hybridized carbons (Fsp3) is 0.438. The molecule has 2 heteroatoms. The van der Waals surface area contributed by atoms with Crippen molar-refractivity contribution in [3.05, 3.63) is 35.0 Å². The van der Waals surface area contributed by atoms with Gasteiger partial charge in [-0.1, -0.05) is 6.07 Å². The Balaban J connectivity index is 1.94. The summed E-state index contributed by atoms with van der Waals surface area (Å²) in [4.78, 5) is 14.3. The Bertz CT molecular complexity index is 644. The number of aryl methyl sites for hydroxylation is 1. The number of hydrogen-bond donors (Lipinski definition) is 1. The molecule has 0 radical (unpaired) electrons. The third-order valence-corrected chi connectivity index (χ3v) is 4.87. The van der Waals surface area contributed by atoms with Crippen LogP contribution in [-0.2, 0) is 5.41 Å². The van der Waals surface area contributed by atoms with Crippen molar-refractivity contribution in [3.63, 3.8) is 0 Å². The van der Waals surface area contributed by atoms with Crippen molar-refractivity contribution < 1.29 is 4.79 Å². The Morgan fingerprint density at radius 3 is 2.72 bits per heavy atom. The first-order valence-electron chi connectivity index (χ1n) is 6.82. The molecule has 0 bridgehead atoms. The number of rotatable bonds is 3. The summed E-state index contributed by atoms with van der Waals surface area (Å²) in [6.07, 6.45) is 8.24. The van der Waals surface area contributed by atoms with Crippen LogP contribution in [0.25, 0.3) is 10.9 Å².